The second-order valence-corrected chi connectivity index (χ2v) is 5.71. The minimum absolute atomic E-state index is 0.0369. The Morgan fingerprint density at radius 3 is 2.65 bits per heavy atom. The predicted molar refractivity (Wildman–Crippen MR) is 61.7 cm³/mol. The molecule has 0 spiro atoms. The lowest BCUT2D eigenvalue weighted by atomic mass is 10.1. The zero-order valence-electron chi connectivity index (χ0n) is 9.14. The Labute approximate surface area is 98.4 Å². The number of nitrogens with one attached hydrogen (secondary N) is 1. The van der Waals surface area contributed by atoms with E-state index in [0.29, 0.717) is 0 Å². The topological polar surface area (TPSA) is 62.8 Å². The van der Waals surface area contributed by atoms with Crippen molar-refractivity contribution in [2.45, 2.75) is 11.9 Å². The summed E-state index contributed by atoms with van der Waals surface area (Å²) >= 11 is 0. The molecule has 0 amide bonds. The molecule has 1 heterocycles. The van der Waals surface area contributed by atoms with Gasteiger partial charge in [0.15, 0.2) is 14.9 Å². The van der Waals surface area contributed by atoms with Crippen molar-refractivity contribution >= 4 is 9.84 Å². The Hall–Kier alpha value is -1.69. The summed E-state index contributed by atoms with van der Waals surface area (Å²) in [5.41, 5.74) is 0.498. The summed E-state index contributed by atoms with van der Waals surface area (Å²) in [7, 11) is -3.44. The Morgan fingerprint density at radius 2 is 2.00 bits per heavy atom. The van der Waals surface area contributed by atoms with Crippen molar-refractivity contribution in [2.24, 2.45) is 0 Å². The largest absolute Gasteiger partial charge is 0.267 e. The first-order chi connectivity index (χ1) is 8.06. The first-order valence-corrected chi connectivity index (χ1v) is 6.72. The monoisotopic (exact) mass is 254 g/mol. The van der Waals surface area contributed by atoms with Crippen molar-refractivity contribution in [3.63, 3.8) is 0 Å². The van der Waals surface area contributed by atoms with Gasteiger partial charge in [0.1, 0.15) is 5.82 Å². The number of aromatic amines is 1. The van der Waals surface area contributed by atoms with Gasteiger partial charge in [0, 0.05) is 11.1 Å². The number of hydrogen-bond acceptors (Lipinski definition) is 3. The minimum Gasteiger partial charge on any atom is -0.267 e. The van der Waals surface area contributed by atoms with E-state index in [0.717, 1.165) is 0 Å². The summed E-state index contributed by atoms with van der Waals surface area (Å²) < 4.78 is 37.1. The van der Waals surface area contributed by atoms with E-state index in [1.54, 1.807) is 12.1 Å². The number of hydrogen-bond donors (Lipinski definition) is 1. The summed E-state index contributed by atoms with van der Waals surface area (Å²) in [6, 6.07) is 6.00. The molecule has 17 heavy (non-hydrogen) atoms. The van der Waals surface area contributed by atoms with E-state index in [4.69, 9.17) is 0 Å². The van der Waals surface area contributed by atoms with Gasteiger partial charge in [0.05, 0.1) is 11.9 Å². The molecule has 0 aliphatic carbocycles. The fraction of sp³-hybridized carbons (Fsp3) is 0.182. The molecule has 2 rings (SSSR count). The number of sulfone groups is 1. The molecule has 1 aromatic carbocycles. The quantitative estimate of drug-likeness (QED) is 0.911. The third-order valence-electron chi connectivity index (χ3n) is 2.46. The molecule has 0 aliphatic heterocycles. The average molecular weight is 254 g/mol. The van der Waals surface area contributed by atoms with Crippen LogP contribution in [0.5, 0.6) is 0 Å². The zero-order chi connectivity index (χ0) is 12.5. The van der Waals surface area contributed by atoms with Crippen molar-refractivity contribution in [3.8, 4) is 11.1 Å². The maximum atomic E-state index is 13.6. The zero-order valence-corrected chi connectivity index (χ0v) is 9.96. The molecular weight excluding hydrogens is 243 g/mol. The van der Waals surface area contributed by atoms with Crippen LogP contribution in [-0.4, -0.2) is 24.4 Å². The van der Waals surface area contributed by atoms with Crippen LogP contribution < -0.4 is 0 Å². The lowest BCUT2D eigenvalue weighted by molar-refractivity contribution is 0.593. The van der Waals surface area contributed by atoms with Crippen LogP contribution in [0, 0.1) is 5.82 Å². The van der Waals surface area contributed by atoms with Crippen molar-refractivity contribution < 1.29 is 12.8 Å². The molecule has 1 N–H and O–H groups in total. The highest BCUT2D eigenvalue weighted by Crippen LogP contribution is 2.27. The number of nitrogens with zero attached hydrogens (tertiary/aromatic N) is 1. The van der Waals surface area contributed by atoms with Crippen molar-refractivity contribution in [1.29, 1.82) is 0 Å². The molecule has 0 unspecified atom stereocenters. The average Bonchev–Trinajstić information content (AvgIpc) is 2.79. The number of halogens is 1. The first-order valence-electron chi connectivity index (χ1n) is 5.07. The van der Waals surface area contributed by atoms with Crippen molar-refractivity contribution in [2.75, 3.05) is 5.75 Å². The van der Waals surface area contributed by atoms with E-state index >= 15 is 0 Å². The maximum absolute atomic E-state index is 13.6. The molecule has 0 saturated carbocycles. The second kappa shape index (κ2) is 4.29. The van der Waals surface area contributed by atoms with E-state index in [-0.39, 0.29) is 21.9 Å². The van der Waals surface area contributed by atoms with Crippen molar-refractivity contribution in [1.82, 2.24) is 10.2 Å². The molecule has 0 atom stereocenters. The van der Waals surface area contributed by atoms with Gasteiger partial charge in [-0.1, -0.05) is 25.1 Å². The van der Waals surface area contributed by atoms with E-state index in [1.165, 1.54) is 25.3 Å². The highest BCUT2D eigenvalue weighted by Gasteiger charge is 2.21. The molecule has 0 aliphatic rings. The van der Waals surface area contributed by atoms with Crippen LogP contribution in [0.25, 0.3) is 11.1 Å². The summed E-state index contributed by atoms with van der Waals surface area (Å²) in [5, 5.41) is 6.06. The van der Waals surface area contributed by atoms with Gasteiger partial charge in [0.25, 0.3) is 0 Å². The fourth-order valence-corrected chi connectivity index (χ4v) is 2.51. The summed E-state index contributed by atoms with van der Waals surface area (Å²) in [5.74, 6) is -0.530. The number of H-pyrrole nitrogens is 1. The number of benzene rings is 1. The highest BCUT2D eigenvalue weighted by atomic mass is 32.2. The molecule has 0 saturated heterocycles. The molecule has 2 aromatic rings. The van der Waals surface area contributed by atoms with Gasteiger partial charge in [0.2, 0.25) is 0 Å². The Kier molecular flexibility index (Phi) is 2.97. The number of rotatable bonds is 3. The van der Waals surface area contributed by atoms with Gasteiger partial charge in [-0.2, -0.15) is 5.10 Å². The first kappa shape index (κ1) is 11.8. The fourth-order valence-electron chi connectivity index (χ4n) is 1.53. The Balaban J connectivity index is 2.64. The van der Waals surface area contributed by atoms with Crippen LogP contribution in [0.2, 0.25) is 0 Å². The molecular formula is C11H11FN2O2S. The van der Waals surface area contributed by atoms with Gasteiger partial charge in [-0.05, 0) is 6.07 Å². The molecule has 0 fully saturated rings. The molecule has 4 nitrogen and oxygen atoms in total. The lowest BCUT2D eigenvalue weighted by Crippen LogP contribution is -2.06. The highest BCUT2D eigenvalue weighted by molar-refractivity contribution is 7.91. The lowest BCUT2D eigenvalue weighted by Gasteiger charge is -2.03. The van der Waals surface area contributed by atoms with Crippen LogP contribution in [0.3, 0.4) is 0 Å². The normalized spacial score (nSPS) is 11.6. The van der Waals surface area contributed by atoms with Crippen LogP contribution in [-0.2, 0) is 9.84 Å². The third-order valence-corrected chi connectivity index (χ3v) is 4.15. The van der Waals surface area contributed by atoms with Crippen molar-refractivity contribution in [3.05, 3.63) is 36.3 Å². The predicted octanol–water partition coefficient (Wildman–Crippen LogP) is 2.01. The summed E-state index contributed by atoms with van der Waals surface area (Å²) in [6.45, 7) is 1.53. The van der Waals surface area contributed by atoms with Crippen LogP contribution in [0.15, 0.2) is 35.5 Å². The third kappa shape index (κ3) is 2.08. The van der Waals surface area contributed by atoms with E-state index in [1.807, 2.05) is 0 Å². The molecule has 1 aromatic heterocycles. The van der Waals surface area contributed by atoms with Crippen LogP contribution in [0.4, 0.5) is 4.39 Å². The number of aromatic nitrogens is 2. The second-order valence-electron chi connectivity index (χ2n) is 3.50. The van der Waals surface area contributed by atoms with Crippen LogP contribution >= 0.6 is 0 Å². The van der Waals surface area contributed by atoms with E-state index < -0.39 is 15.7 Å². The van der Waals surface area contributed by atoms with Gasteiger partial charge in [-0.25, -0.2) is 12.8 Å². The summed E-state index contributed by atoms with van der Waals surface area (Å²) in [4.78, 5) is 0. The minimum atomic E-state index is -3.44. The molecule has 90 valence electrons. The molecule has 0 radical (unpaired) electrons. The Morgan fingerprint density at radius 1 is 1.29 bits per heavy atom. The molecule has 6 heteroatoms. The Bertz CT molecular complexity index is 634. The van der Waals surface area contributed by atoms with Gasteiger partial charge < -0.3 is 0 Å². The van der Waals surface area contributed by atoms with Gasteiger partial charge in [-0.15, -0.1) is 0 Å². The van der Waals surface area contributed by atoms with E-state index in [2.05, 4.69) is 10.2 Å². The van der Waals surface area contributed by atoms with Gasteiger partial charge in [-0.3, -0.25) is 5.10 Å². The standard InChI is InChI=1S/C11H11FN2O2S/c1-2-17(15,16)11-9(7-13-14-11)8-5-3-4-6-10(8)12/h3-7H,2H2,1H3,(H,13,14). The van der Waals surface area contributed by atoms with Gasteiger partial charge >= 0.3 is 0 Å². The smallest absolute Gasteiger partial charge is 0.195 e. The summed E-state index contributed by atoms with van der Waals surface area (Å²) in [6.07, 6.45) is 1.32. The van der Waals surface area contributed by atoms with Crippen LogP contribution in [0.1, 0.15) is 6.92 Å². The SMILES string of the molecule is CCS(=O)(=O)c1[nH]ncc1-c1ccccc1F. The molecule has 0 bridgehead atoms. The maximum Gasteiger partial charge on any atom is 0.195 e. The van der Waals surface area contributed by atoms with E-state index in [9.17, 15) is 12.8 Å².